The molecule has 0 aromatic heterocycles. The number of ketones is 1. The number of carbonyl (C=O) groups is 2. The quantitative estimate of drug-likeness (QED) is 0.773. The summed E-state index contributed by atoms with van der Waals surface area (Å²) in [6, 6.07) is 11.8. The van der Waals surface area contributed by atoms with Crippen LogP contribution in [0.15, 0.2) is 48.2 Å². The lowest BCUT2D eigenvalue weighted by atomic mass is 10.1. The van der Waals surface area contributed by atoms with Crippen LogP contribution in [-0.4, -0.2) is 25.0 Å². The van der Waals surface area contributed by atoms with Crippen LogP contribution in [0.25, 0.3) is 6.08 Å². The number of allylic oxidation sites excluding steroid dienone is 1. The van der Waals surface area contributed by atoms with E-state index < -0.39 is 12.1 Å². The molecule has 0 N–H and O–H groups in total. The summed E-state index contributed by atoms with van der Waals surface area (Å²) in [6.45, 7) is 1.36. The Kier molecular flexibility index (Phi) is 4.43. The molecule has 2 aromatic rings. The molecule has 1 aliphatic rings. The van der Waals surface area contributed by atoms with Crippen LogP contribution in [0, 0.1) is 0 Å². The summed E-state index contributed by atoms with van der Waals surface area (Å²) >= 11 is 0. The number of carbonyl (C=O) groups excluding carboxylic acids is 2. The van der Waals surface area contributed by atoms with Crippen LogP contribution in [0.5, 0.6) is 17.2 Å². The number of ether oxygens (including phenoxy) is 3. The minimum absolute atomic E-state index is 0.174. The first-order valence-corrected chi connectivity index (χ1v) is 7.58. The molecular weight excluding hydrogens is 324 g/mol. The van der Waals surface area contributed by atoms with Gasteiger partial charge in [0.1, 0.15) is 23.4 Å². The Morgan fingerprint density at radius 3 is 2.72 bits per heavy atom. The summed E-state index contributed by atoms with van der Waals surface area (Å²) in [7, 11) is 1.56. The maximum absolute atomic E-state index is 12.4. The molecule has 0 unspecified atom stereocenters. The molecule has 0 radical (unpaired) electrons. The average Bonchev–Trinajstić information content (AvgIpc) is 2.90. The van der Waals surface area contributed by atoms with Crippen LogP contribution in [0.2, 0.25) is 0 Å². The molecule has 6 nitrogen and oxygen atoms in total. The van der Waals surface area contributed by atoms with E-state index in [0.29, 0.717) is 17.1 Å². The maximum atomic E-state index is 12.4. The number of benzene rings is 2. The third-order valence-electron chi connectivity index (χ3n) is 3.68. The van der Waals surface area contributed by atoms with E-state index in [-0.39, 0.29) is 17.3 Å². The molecule has 25 heavy (non-hydrogen) atoms. The predicted octanol–water partition coefficient (Wildman–Crippen LogP) is 1.83. The molecule has 1 atom stereocenters. The van der Waals surface area contributed by atoms with Crippen LogP contribution >= 0.6 is 0 Å². The normalized spacial score (nSPS) is 15.4. The lowest BCUT2D eigenvalue weighted by Crippen LogP contribution is -2.37. The van der Waals surface area contributed by atoms with Crippen LogP contribution in [0.3, 0.4) is 0 Å². The number of Topliss-reactive ketones (excluding diaryl/α,β-unsaturated/α-hetero) is 1. The minimum atomic E-state index is -1.32. The van der Waals surface area contributed by atoms with Gasteiger partial charge in [0.15, 0.2) is 5.76 Å². The van der Waals surface area contributed by atoms with Gasteiger partial charge < -0.3 is 24.1 Å². The average molecular weight is 339 g/mol. The fourth-order valence-electron chi connectivity index (χ4n) is 2.38. The molecule has 0 bridgehead atoms. The SMILES string of the molecule is COc1cccc(C=C2Oc3cc(O[C@@H](C)C(=O)[O-])ccc3C2=O)c1. The van der Waals surface area contributed by atoms with Gasteiger partial charge in [0, 0.05) is 6.07 Å². The standard InChI is InChI=1S/C19H16O6/c1-11(19(21)22)24-14-6-7-15-16(10-14)25-17(18(15)20)9-12-4-3-5-13(8-12)23-2/h3-11H,1-2H3,(H,21,22)/p-1/t11-/m0/s1. The zero-order valence-electron chi connectivity index (χ0n) is 13.6. The Morgan fingerprint density at radius 2 is 2.00 bits per heavy atom. The van der Waals surface area contributed by atoms with E-state index in [0.717, 1.165) is 5.56 Å². The van der Waals surface area contributed by atoms with Crippen molar-refractivity contribution in [2.45, 2.75) is 13.0 Å². The van der Waals surface area contributed by atoms with Crippen molar-refractivity contribution in [2.24, 2.45) is 0 Å². The zero-order valence-corrected chi connectivity index (χ0v) is 13.6. The number of fused-ring (bicyclic) bond motifs is 1. The van der Waals surface area contributed by atoms with E-state index in [1.807, 2.05) is 12.1 Å². The Morgan fingerprint density at radius 1 is 1.20 bits per heavy atom. The molecule has 0 fully saturated rings. The first-order chi connectivity index (χ1) is 12.0. The van der Waals surface area contributed by atoms with Gasteiger partial charge in [0.2, 0.25) is 5.78 Å². The van der Waals surface area contributed by atoms with E-state index in [2.05, 4.69) is 0 Å². The largest absolute Gasteiger partial charge is 0.546 e. The van der Waals surface area contributed by atoms with Crippen molar-refractivity contribution in [3.8, 4) is 17.2 Å². The molecule has 0 aliphatic carbocycles. The fraction of sp³-hybridized carbons (Fsp3) is 0.158. The molecular formula is C19H15O6-. The molecule has 3 rings (SSSR count). The predicted molar refractivity (Wildman–Crippen MR) is 87.5 cm³/mol. The minimum Gasteiger partial charge on any atom is -0.546 e. The molecule has 1 aliphatic heterocycles. The van der Waals surface area contributed by atoms with Crippen molar-refractivity contribution >= 4 is 17.8 Å². The molecule has 6 heteroatoms. The van der Waals surface area contributed by atoms with E-state index >= 15 is 0 Å². The number of aliphatic carboxylic acids is 1. The summed E-state index contributed by atoms with van der Waals surface area (Å²) < 4.78 is 16.0. The lowest BCUT2D eigenvalue weighted by molar-refractivity contribution is -0.312. The second-order valence-corrected chi connectivity index (χ2v) is 5.45. The maximum Gasteiger partial charge on any atom is 0.231 e. The highest BCUT2D eigenvalue weighted by Crippen LogP contribution is 2.35. The summed E-state index contributed by atoms with van der Waals surface area (Å²) in [5.41, 5.74) is 1.15. The molecule has 0 amide bonds. The lowest BCUT2D eigenvalue weighted by Gasteiger charge is -2.15. The number of carboxylic acids is 1. The monoisotopic (exact) mass is 339 g/mol. The fourth-order valence-corrected chi connectivity index (χ4v) is 2.38. The number of carboxylic acid groups (broad SMARTS) is 1. The summed E-state index contributed by atoms with van der Waals surface area (Å²) in [5.74, 6) is -0.126. The van der Waals surface area contributed by atoms with Crippen molar-refractivity contribution < 1.29 is 28.9 Å². The van der Waals surface area contributed by atoms with Gasteiger partial charge in [0.25, 0.3) is 0 Å². The van der Waals surface area contributed by atoms with Gasteiger partial charge in [-0.2, -0.15) is 0 Å². The second-order valence-electron chi connectivity index (χ2n) is 5.45. The van der Waals surface area contributed by atoms with Crippen molar-refractivity contribution in [1.82, 2.24) is 0 Å². The number of rotatable bonds is 5. The summed E-state index contributed by atoms with van der Waals surface area (Å²) in [4.78, 5) is 23.2. The van der Waals surface area contributed by atoms with Gasteiger partial charge in [-0.1, -0.05) is 12.1 Å². The van der Waals surface area contributed by atoms with Crippen LogP contribution in [-0.2, 0) is 4.79 Å². The summed E-state index contributed by atoms with van der Waals surface area (Å²) in [6.07, 6.45) is 0.511. The van der Waals surface area contributed by atoms with Gasteiger partial charge in [-0.3, -0.25) is 4.79 Å². The molecule has 0 spiro atoms. The third kappa shape index (κ3) is 3.47. The molecule has 2 aromatic carbocycles. The van der Waals surface area contributed by atoms with Crippen molar-refractivity contribution in [2.75, 3.05) is 7.11 Å². The number of methoxy groups -OCH3 is 1. The van der Waals surface area contributed by atoms with Crippen LogP contribution in [0.4, 0.5) is 0 Å². The Balaban J connectivity index is 1.85. The highest BCUT2D eigenvalue weighted by atomic mass is 16.5. The van der Waals surface area contributed by atoms with E-state index in [1.165, 1.54) is 19.1 Å². The van der Waals surface area contributed by atoms with Crippen molar-refractivity contribution in [1.29, 1.82) is 0 Å². The van der Waals surface area contributed by atoms with E-state index in [9.17, 15) is 14.7 Å². The molecule has 0 saturated heterocycles. The van der Waals surface area contributed by atoms with Crippen LogP contribution in [0.1, 0.15) is 22.8 Å². The number of hydrogen-bond acceptors (Lipinski definition) is 6. The molecule has 128 valence electrons. The van der Waals surface area contributed by atoms with Gasteiger partial charge in [-0.25, -0.2) is 0 Å². The smallest absolute Gasteiger partial charge is 0.231 e. The van der Waals surface area contributed by atoms with Gasteiger partial charge in [0.05, 0.1) is 18.6 Å². The van der Waals surface area contributed by atoms with Crippen molar-refractivity contribution in [3.63, 3.8) is 0 Å². The van der Waals surface area contributed by atoms with Gasteiger partial charge in [-0.05, 0) is 42.8 Å². The second kappa shape index (κ2) is 6.68. The van der Waals surface area contributed by atoms with Gasteiger partial charge in [-0.15, -0.1) is 0 Å². The third-order valence-corrected chi connectivity index (χ3v) is 3.68. The summed E-state index contributed by atoms with van der Waals surface area (Å²) in [5, 5.41) is 10.8. The zero-order chi connectivity index (χ0) is 18.0. The van der Waals surface area contributed by atoms with Gasteiger partial charge >= 0.3 is 0 Å². The van der Waals surface area contributed by atoms with E-state index in [1.54, 1.807) is 31.4 Å². The number of hydrogen-bond donors (Lipinski definition) is 0. The van der Waals surface area contributed by atoms with Crippen molar-refractivity contribution in [3.05, 3.63) is 59.4 Å². The highest BCUT2D eigenvalue weighted by molar-refractivity contribution is 6.14. The first-order valence-electron chi connectivity index (χ1n) is 7.58. The Hall–Kier alpha value is -3.28. The Labute approximate surface area is 144 Å². The first kappa shape index (κ1) is 16.6. The highest BCUT2D eigenvalue weighted by Gasteiger charge is 2.28. The topological polar surface area (TPSA) is 84.9 Å². The van der Waals surface area contributed by atoms with E-state index in [4.69, 9.17) is 14.2 Å². The Bertz CT molecular complexity index is 868. The molecule has 1 heterocycles. The molecule has 0 saturated carbocycles. The van der Waals surface area contributed by atoms with Crippen LogP contribution < -0.4 is 19.3 Å².